The fourth-order valence-electron chi connectivity index (χ4n) is 3.94. The first kappa shape index (κ1) is 28.0. The van der Waals surface area contributed by atoms with Gasteiger partial charge in [-0.25, -0.2) is 0 Å². The van der Waals surface area contributed by atoms with E-state index in [2.05, 4.69) is 35.9 Å². The predicted octanol–water partition coefficient (Wildman–Crippen LogP) is 2.37. The average molecular weight is 528 g/mol. The summed E-state index contributed by atoms with van der Waals surface area (Å²) in [6, 6.07) is 13.3. The molecule has 4 N–H and O–H groups in total. The Morgan fingerprint density at radius 1 is 1.13 bits per heavy atom. The number of aryl methyl sites for hydroxylation is 1. The number of pyridine rings is 1. The predicted molar refractivity (Wildman–Crippen MR) is 150 cm³/mol. The van der Waals surface area contributed by atoms with Crippen molar-refractivity contribution in [3.8, 4) is 11.3 Å². The summed E-state index contributed by atoms with van der Waals surface area (Å²) < 4.78 is 6.87. The van der Waals surface area contributed by atoms with Crippen LogP contribution in [0.2, 0.25) is 0 Å². The van der Waals surface area contributed by atoms with Gasteiger partial charge in [0.2, 0.25) is 11.9 Å². The molecule has 0 bridgehead atoms. The molecule has 2 atom stereocenters. The van der Waals surface area contributed by atoms with Gasteiger partial charge in [0.05, 0.1) is 17.9 Å². The van der Waals surface area contributed by atoms with E-state index in [1.54, 1.807) is 16.9 Å². The fraction of sp³-hybridized carbons (Fsp3) is 0.370. The molecule has 2 radical (unpaired) electrons. The molecule has 202 valence electrons. The van der Waals surface area contributed by atoms with Gasteiger partial charge in [0.15, 0.2) is 13.6 Å². The van der Waals surface area contributed by atoms with Crippen LogP contribution < -0.4 is 15.9 Å². The summed E-state index contributed by atoms with van der Waals surface area (Å²) in [7, 11) is 5.42. The van der Waals surface area contributed by atoms with Gasteiger partial charge in [-0.15, -0.1) is 0 Å². The van der Waals surface area contributed by atoms with Gasteiger partial charge in [0.1, 0.15) is 12.7 Å². The number of aliphatic hydroxyl groups excluding tert-OH is 1. The molecule has 0 spiro atoms. The molecular weight excluding hydrogens is 495 g/mol. The van der Waals surface area contributed by atoms with Crippen LogP contribution in [0.25, 0.3) is 16.9 Å². The largest absolute Gasteiger partial charge is 0.462 e. The maximum absolute atomic E-state index is 12.2. The number of benzene rings is 1. The standard InChI is InChI=1S/C27H33BN8O3/c1-4-19-14-32-36-24(19)33-26(30-15-21(37)16-39-25(38)23(35-28)17(2)3)34-27(36)31-13-18-8-10-20(11-9-18)22-7-5-6-12-29-22/h5-12,14,17,21,23,35,37H,4,13,15-16H2,1-3H3,(H2,30,31,33,34)/t21-,23-/m1/s1. The zero-order chi connectivity index (χ0) is 27.8. The number of fused-ring (bicyclic) bond motifs is 1. The lowest BCUT2D eigenvalue weighted by Crippen LogP contribution is -2.42. The van der Waals surface area contributed by atoms with Crippen molar-refractivity contribution >= 4 is 31.5 Å². The van der Waals surface area contributed by atoms with Crippen molar-refractivity contribution in [1.29, 1.82) is 0 Å². The summed E-state index contributed by atoms with van der Waals surface area (Å²) in [6.45, 7) is 6.13. The number of hydrogen-bond donors (Lipinski definition) is 4. The average Bonchev–Trinajstić information content (AvgIpc) is 3.38. The monoisotopic (exact) mass is 528 g/mol. The summed E-state index contributed by atoms with van der Waals surface area (Å²) >= 11 is 0. The maximum Gasteiger partial charge on any atom is 0.322 e. The second-order valence-corrected chi connectivity index (χ2v) is 9.45. The van der Waals surface area contributed by atoms with E-state index in [0.29, 0.717) is 24.1 Å². The van der Waals surface area contributed by atoms with Crippen LogP contribution >= 0.6 is 0 Å². The van der Waals surface area contributed by atoms with Crippen LogP contribution in [0.1, 0.15) is 31.9 Å². The third-order valence-electron chi connectivity index (χ3n) is 6.20. The van der Waals surface area contributed by atoms with Crippen LogP contribution in [0.5, 0.6) is 0 Å². The summed E-state index contributed by atoms with van der Waals surface area (Å²) in [4.78, 5) is 25.7. The van der Waals surface area contributed by atoms with Gasteiger partial charge in [0.25, 0.3) is 0 Å². The van der Waals surface area contributed by atoms with Crippen LogP contribution in [0, 0.1) is 5.92 Å². The topological polar surface area (TPSA) is 139 Å². The Balaban J connectivity index is 1.41. The Bertz CT molecular complexity index is 1360. The summed E-state index contributed by atoms with van der Waals surface area (Å²) in [5.74, 6) is 0.257. The number of carbonyl (C=O) groups is 1. The second-order valence-electron chi connectivity index (χ2n) is 9.45. The quantitative estimate of drug-likeness (QED) is 0.151. The number of hydrogen-bond acceptors (Lipinski definition) is 10. The fourth-order valence-corrected chi connectivity index (χ4v) is 3.94. The van der Waals surface area contributed by atoms with E-state index < -0.39 is 18.1 Å². The summed E-state index contributed by atoms with van der Waals surface area (Å²) in [5.41, 5.74) is 4.65. The molecule has 0 aliphatic rings. The molecule has 39 heavy (non-hydrogen) atoms. The number of carbonyl (C=O) groups excluding carboxylic acids is 1. The van der Waals surface area contributed by atoms with Gasteiger partial charge in [-0.2, -0.15) is 19.6 Å². The highest BCUT2D eigenvalue weighted by molar-refractivity contribution is 6.06. The van der Waals surface area contributed by atoms with Crippen molar-refractivity contribution in [3.63, 3.8) is 0 Å². The lowest BCUT2D eigenvalue weighted by molar-refractivity contribution is -0.149. The smallest absolute Gasteiger partial charge is 0.322 e. The highest BCUT2D eigenvalue weighted by Crippen LogP contribution is 2.19. The molecule has 0 aliphatic heterocycles. The third-order valence-corrected chi connectivity index (χ3v) is 6.20. The van der Waals surface area contributed by atoms with Gasteiger partial charge in [-0.1, -0.05) is 51.1 Å². The molecule has 3 aromatic heterocycles. The normalized spacial score (nSPS) is 12.8. The van der Waals surface area contributed by atoms with E-state index in [4.69, 9.17) is 12.7 Å². The van der Waals surface area contributed by atoms with Crippen molar-refractivity contribution in [2.75, 3.05) is 23.8 Å². The van der Waals surface area contributed by atoms with E-state index in [-0.39, 0.29) is 19.1 Å². The van der Waals surface area contributed by atoms with Crippen LogP contribution in [0.4, 0.5) is 11.9 Å². The van der Waals surface area contributed by atoms with E-state index in [1.807, 2.05) is 63.2 Å². The maximum atomic E-state index is 12.2. The summed E-state index contributed by atoms with van der Waals surface area (Å²) in [6.07, 6.45) is 3.33. The van der Waals surface area contributed by atoms with Gasteiger partial charge in [0, 0.05) is 30.4 Å². The van der Waals surface area contributed by atoms with Crippen molar-refractivity contribution < 1.29 is 14.6 Å². The number of nitrogens with one attached hydrogen (secondary N) is 3. The minimum absolute atomic E-state index is 0.0500. The van der Waals surface area contributed by atoms with Gasteiger partial charge < -0.3 is 25.7 Å². The van der Waals surface area contributed by atoms with Crippen molar-refractivity contribution in [2.24, 2.45) is 5.92 Å². The Morgan fingerprint density at radius 2 is 1.92 bits per heavy atom. The van der Waals surface area contributed by atoms with Gasteiger partial charge in [-0.3, -0.25) is 9.78 Å². The van der Waals surface area contributed by atoms with Crippen LogP contribution in [0.15, 0.2) is 54.9 Å². The SMILES string of the molecule is [B]N[C@@H](C(=O)OC[C@H](O)CNc1nc(NCc2ccc(-c3ccccn3)cc2)n2ncc(CC)c2n1)C(C)C. The second kappa shape index (κ2) is 13.2. The molecule has 12 heteroatoms. The van der Waals surface area contributed by atoms with Crippen LogP contribution in [0.3, 0.4) is 0 Å². The Morgan fingerprint density at radius 3 is 2.59 bits per heavy atom. The number of aliphatic hydroxyl groups is 1. The van der Waals surface area contributed by atoms with Gasteiger partial charge in [-0.05, 0) is 30.0 Å². The lowest BCUT2D eigenvalue weighted by Gasteiger charge is -2.20. The number of aromatic nitrogens is 5. The molecule has 0 amide bonds. The molecule has 0 unspecified atom stereocenters. The molecule has 0 saturated heterocycles. The number of esters is 1. The number of nitrogens with zero attached hydrogens (tertiary/aromatic N) is 5. The van der Waals surface area contributed by atoms with Crippen molar-refractivity contribution in [2.45, 2.75) is 45.9 Å². The summed E-state index contributed by atoms with van der Waals surface area (Å²) in [5, 5.41) is 23.6. The zero-order valence-corrected chi connectivity index (χ0v) is 22.3. The highest BCUT2D eigenvalue weighted by Gasteiger charge is 2.22. The molecule has 3 heterocycles. The molecule has 11 nitrogen and oxygen atoms in total. The van der Waals surface area contributed by atoms with E-state index in [9.17, 15) is 9.90 Å². The first-order valence-electron chi connectivity index (χ1n) is 12.9. The molecule has 4 rings (SSSR count). The molecule has 4 aromatic rings. The number of anilines is 2. The van der Waals surface area contributed by atoms with E-state index in [0.717, 1.165) is 28.8 Å². The molecular formula is C27H33BN8O3. The Labute approximate surface area is 228 Å². The van der Waals surface area contributed by atoms with Gasteiger partial charge >= 0.3 is 5.97 Å². The van der Waals surface area contributed by atoms with Crippen LogP contribution in [-0.2, 0) is 22.5 Å². The minimum Gasteiger partial charge on any atom is -0.462 e. The Hall–Kier alpha value is -4.03. The lowest BCUT2D eigenvalue weighted by atomic mass is 10.0. The van der Waals surface area contributed by atoms with E-state index >= 15 is 0 Å². The van der Waals surface area contributed by atoms with E-state index in [1.165, 1.54) is 0 Å². The number of rotatable bonds is 13. The third kappa shape index (κ3) is 7.09. The molecule has 1 aromatic carbocycles. The molecule has 0 aliphatic carbocycles. The van der Waals surface area contributed by atoms with Crippen molar-refractivity contribution in [3.05, 3.63) is 66.0 Å². The number of ether oxygens (including phenoxy) is 1. The first-order chi connectivity index (χ1) is 18.9. The Kier molecular flexibility index (Phi) is 9.45. The zero-order valence-electron chi connectivity index (χ0n) is 22.3. The molecule has 0 fully saturated rings. The minimum atomic E-state index is -0.969. The van der Waals surface area contributed by atoms with Crippen molar-refractivity contribution in [1.82, 2.24) is 29.8 Å². The van der Waals surface area contributed by atoms with Crippen LogP contribution in [-0.4, -0.2) is 68.9 Å². The highest BCUT2D eigenvalue weighted by atomic mass is 16.5. The first-order valence-corrected chi connectivity index (χ1v) is 12.9. The molecule has 0 saturated carbocycles.